The molecule has 0 spiro atoms. The van der Waals surface area contributed by atoms with Crippen LogP contribution in [0.3, 0.4) is 0 Å². The number of nitrogens with zero attached hydrogens (tertiary/aromatic N) is 3. The van der Waals surface area contributed by atoms with E-state index in [1.807, 2.05) is 23.1 Å². The maximum atomic E-state index is 11.7. The Morgan fingerprint density at radius 2 is 2.03 bits per heavy atom. The van der Waals surface area contributed by atoms with E-state index in [9.17, 15) is 4.79 Å². The van der Waals surface area contributed by atoms with E-state index < -0.39 is 0 Å². The van der Waals surface area contributed by atoms with Crippen LogP contribution in [-0.4, -0.2) is 46.5 Å². The third-order valence-electron chi connectivity index (χ3n) is 6.86. The Morgan fingerprint density at radius 3 is 2.81 bits per heavy atom. The van der Waals surface area contributed by atoms with Gasteiger partial charge in [-0.05, 0) is 75.0 Å². The number of piperidine rings is 1. The Bertz CT molecular complexity index is 928. The third-order valence-corrected chi connectivity index (χ3v) is 7.16. The van der Waals surface area contributed by atoms with Gasteiger partial charge in [0.25, 0.3) is 0 Å². The fourth-order valence-corrected chi connectivity index (χ4v) is 5.13. The van der Waals surface area contributed by atoms with Gasteiger partial charge >= 0.3 is 0 Å². The normalized spacial score (nSPS) is 23.7. The molecule has 1 saturated carbocycles. The molecule has 6 nitrogen and oxygen atoms in total. The predicted octanol–water partition coefficient (Wildman–Crippen LogP) is 4.53. The van der Waals surface area contributed by atoms with E-state index >= 15 is 0 Å². The maximum absolute atomic E-state index is 11.7. The lowest BCUT2D eigenvalue weighted by molar-refractivity contribution is -0.130. The highest BCUT2D eigenvalue weighted by Crippen LogP contribution is 2.31. The summed E-state index contributed by atoms with van der Waals surface area (Å²) in [6.07, 6.45) is 9.44. The summed E-state index contributed by atoms with van der Waals surface area (Å²) in [5.41, 5.74) is 8.89. The number of aromatic nitrogens is 2. The molecule has 3 N–H and O–H groups in total. The topological polar surface area (TPSA) is 84.1 Å². The Kier molecular flexibility index (Phi) is 7.63. The number of hydrogen-bond donors (Lipinski definition) is 2. The monoisotopic (exact) mass is 455 g/mol. The summed E-state index contributed by atoms with van der Waals surface area (Å²) in [5.74, 6) is 2.08. The van der Waals surface area contributed by atoms with Gasteiger partial charge in [0.1, 0.15) is 5.82 Å². The SMILES string of the molecule is CC(=O)N1CCC[C@@H](CNc2cccc(-c3cc(CC4CCC(N)CC4)ncc3Cl)n2)C1. The molecule has 2 aliphatic rings. The summed E-state index contributed by atoms with van der Waals surface area (Å²) < 4.78 is 0. The molecule has 1 aliphatic heterocycles. The van der Waals surface area contributed by atoms with Crippen LogP contribution >= 0.6 is 11.6 Å². The third kappa shape index (κ3) is 5.99. The summed E-state index contributed by atoms with van der Waals surface area (Å²) >= 11 is 6.51. The second kappa shape index (κ2) is 10.6. The molecule has 172 valence electrons. The number of hydrogen-bond acceptors (Lipinski definition) is 5. The van der Waals surface area contributed by atoms with Crippen molar-refractivity contribution >= 4 is 23.3 Å². The van der Waals surface area contributed by atoms with Gasteiger partial charge in [0.2, 0.25) is 5.91 Å². The second-order valence-corrected chi connectivity index (χ2v) is 9.81. The van der Waals surface area contributed by atoms with Crippen molar-refractivity contribution in [1.29, 1.82) is 0 Å². The number of amides is 1. The van der Waals surface area contributed by atoms with E-state index in [4.69, 9.17) is 22.3 Å². The van der Waals surface area contributed by atoms with Crippen LogP contribution in [0.2, 0.25) is 5.02 Å². The molecule has 1 saturated heterocycles. The lowest BCUT2D eigenvalue weighted by atomic mass is 9.83. The van der Waals surface area contributed by atoms with Crippen molar-refractivity contribution in [2.24, 2.45) is 17.6 Å². The molecule has 2 aromatic rings. The van der Waals surface area contributed by atoms with Crippen LogP contribution in [0, 0.1) is 11.8 Å². The zero-order chi connectivity index (χ0) is 22.5. The molecule has 4 rings (SSSR count). The van der Waals surface area contributed by atoms with Gasteiger partial charge in [0.15, 0.2) is 0 Å². The van der Waals surface area contributed by atoms with Gasteiger partial charge < -0.3 is 16.0 Å². The van der Waals surface area contributed by atoms with Crippen LogP contribution in [0.4, 0.5) is 5.82 Å². The molecule has 0 bridgehead atoms. The fraction of sp³-hybridized carbons (Fsp3) is 0.560. The van der Waals surface area contributed by atoms with Gasteiger partial charge in [-0.25, -0.2) is 4.98 Å². The molecule has 1 amide bonds. The minimum Gasteiger partial charge on any atom is -0.370 e. The van der Waals surface area contributed by atoms with Gasteiger partial charge in [-0.3, -0.25) is 9.78 Å². The average molecular weight is 456 g/mol. The number of anilines is 1. The highest BCUT2D eigenvalue weighted by atomic mass is 35.5. The van der Waals surface area contributed by atoms with Crippen molar-refractivity contribution in [3.05, 3.63) is 41.2 Å². The molecule has 1 aliphatic carbocycles. The first kappa shape index (κ1) is 23.0. The van der Waals surface area contributed by atoms with Crippen molar-refractivity contribution in [1.82, 2.24) is 14.9 Å². The minimum absolute atomic E-state index is 0.161. The minimum atomic E-state index is 0.161. The standard InChI is InChI=1S/C25H34ClN5O/c1-17(32)31-11-3-4-19(16-31)14-29-25-6-2-5-24(30-25)22-13-21(28-15-23(22)26)12-18-7-9-20(27)10-8-18/h2,5-6,13,15,18-20H,3-4,7-12,14,16,27H2,1H3,(H,29,30)/t18?,19-,20?/m0/s1. The highest BCUT2D eigenvalue weighted by molar-refractivity contribution is 6.33. The van der Waals surface area contributed by atoms with Crippen LogP contribution in [-0.2, 0) is 11.2 Å². The Labute approximate surface area is 196 Å². The summed E-state index contributed by atoms with van der Waals surface area (Å²) in [6.45, 7) is 4.14. The number of likely N-dealkylation sites (tertiary alicyclic amines) is 1. The van der Waals surface area contributed by atoms with E-state index in [0.29, 0.717) is 22.9 Å². The van der Waals surface area contributed by atoms with Gasteiger partial charge in [0, 0.05) is 50.1 Å². The number of pyridine rings is 2. The average Bonchev–Trinajstić information content (AvgIpc) is 2.81. The summed E-state index contributed by atoms with van der Waals surface area (Å²) in [5, 5.41) is 4.09. The van der Waals surface area contributed by atoms with Crippen molar-refractivity contribution in [3.63, 3.8) is 0 Å². The van der Waals surface area contributed by atoms with Crippen molar-refractivity contribution in [2.75, 3.05) is 25.0 Å². The molecular weight excluding hydrogens is 422 g/mol. The van der Waals surface area contributed by atoms with Gasteiger partial charge in [0.05, 0.1) is 10.7 Å². The highest BCUT2D eigenvalue weighted by Gasteiger charge is 2.22. The van der Waals surface area contributed by atoms with Crippen LogP contribution in [0.15, 0.2) is 30.5 Å². The molecule has 2 fully saturated rings. The number of carbonyl (C=O) groups is 1. The van der Waals surface area contributed by atoms with Crippen molar-refractivity contribution in [2.45, 2.75) is 57.9 Å². The second-order valence-electron chi connectivity index (χ2n) is 9.40. The van der Waals surface area contributed by atoms with Crippen LogP contribution in [0.1, 0.15) is 51.1 Å². The molecule has 7 heteroatoms. The summed E-state index contributed by atoms with van der Waals surface area (Å²) in [4.78, 5) is 23.0. The Hall–Kier alpha value is -2.18. The number of nitrogens with one attached hydrogen (secondary N) is 1. The van der Waals surface area contributed by atoms with Crippen LogP contribution in [0.5, 0.6) is 0 Å². The molecule has 0 radical (unpaired) electrons. The molecule has 0 aromatic carbocycles. The number of nitrogens with two attached hydrogens (primary N) is 1. The molecule has 32 heavy (non-hydrogen) atoms. The maximum Gasteiger partial charge on any atom is 0.219 e. The smallest absolute Gasteiger partial charge is 0.219 e. The Morgan fingerprint density at radius 1 is 1.22 bits per heavy atom. The largest absolute Gasteiger partial charge is 0.370 e. The van der Waals surface area contributed by atoms with Gasteiger partial charge in [-0.15, -0.1) is 0 Å². The number of rotatable bonds is 6. The van der Waals surface area contributed by atoms with Crippen molar-refractivity contribution in [3.8, 4) is 11.3 Å². The quantitative estimate of drug-likeness (QED) is 0.668. The Balaban J connectivity index is 1.41. The van der Waals surface area contributed by atoms with Crippen molar-refractivity contribution < 1.29 is 4.79 Å². The zero-order valence-electron chi connectivity index (χ0n) is 18.9. The fourth-order valence-electron chi connectivity index (χ4n) is 4.93. The van der Waals surface area contributed by atoms with E-state index in [1.165, 1.54) is 12.8 Å². The zero-order valence-corrected chi connectivity index (χ0v) is 19.7. The number of carbonyl (C=O) groups excluding carboxylic acids is 1. The van der Waals surface area contributed by atoms with Crippen LogP contribution in [0.25, 0.3) is 11.3 Å². The molecule has 0 unspecified atom stereocenters. The predicted molar refractivity (Wildman–Crippen MR) is 130 cm³/mol. The molecule has 2 aromatic heterocycles. The first-order valence-corrected chi connectivity index (χ1v) is 12.2. The summed E-state index contributed by atoms with van der Waals surface area (Å²) in [6, 6.07) is 8.43. The van der Waals surface area contributed by atoms with Crippen LogP contribution < -0.4 is 11.1 Å². The van der Waals surface area contributed by atoms with Gasteiger partial charge in [-0.1, -0.05) is 17.7 Å². The molecular formula is C25H34ClN5O. The van der Waals surface area contributed by atoms with E-state index in [-0.39, 0.29) is 5.91 Å². The first-order chi connectivity index (χ1) is 15.5. The molecule has 1 atom stereocenters. The molecule has 3 heterocycles. The lowest BCUT2D eigenvalue weighted by Crippen LogP contribution is -2.40. The first-order valence-electron chi connectivity index (χ1n) is 11.8. The number of halogens is 1. The van der Waals surface area contributed by atoms with E-state index in [0.717, 1.165) is 74.5 Å². The van der Waals surface area contributed by atoms with E-state index in [1.54, 1.807) is 13.1 Å². The van der Waals surface area contributed by atoms with E-state index in [2.05, 4.69) is 16.4 Å². The lowest BCUT2D eigenvalue weighted by Gasteiger charge is -2.32. The summed E-state index contributed by atoms with van der Waals surface area (Å²) in [7, 11) is 0. The van der Waals surface area contributed by atoms with Gasteiger partial charge in [-0.2, -0.15) is 0 Å².